The summed E-state index contributed by atoms with van der Waals surface area (Å²) in [5.74, 6) is -1.07. The van der Waals surface area contributed by atoms with Gasteiger partial charge in [-0.15, -0.1) is 0 Å². The maximum Gasteiger partial charge on any atom is 0.346 e. The molecule has 1 aromatic carbocycles. The third-order valence-corrected chi connectivity index (χ3v) is 3.32. The Labute approximate surface area is 130 Å². The Balaban J connectivity index is 1.81. The molecule has 116 valence electrons. The lowest BCUT2D eigenvalue weighted by Crippen LogP contribution is -2.03. The SMILES string of the molecule is CC/C=C/C1=C(CCCOCc2ccccc2)C(=O)OC1=O. The minimum atomic E-state index is -0.546. The highest BCUT2D eigenvalue weighted by molar-refractivity contribution is 6.13. The molecule has 0 bridgehead atoms. The van der Waals surface area contributed by atoms with E-state index < -0.39 is 11.9 Å². The number of esters is 2. The molecule has 0 radical (unpaired) electrons. The van der Waals surface area contributed by atoms with Gasteiger partial charge in [0.2, 0.25) is 0 Å². The fourth-order valence-corrected chi connectivity index (χ4v) is 2.19. The first-order valence-electron chi connectivity index (χ1n) is 7.50. The molecular formula is C18H20O4. The van der Waals surface area contributed by atoms with Crippen molar-refractivity contribution in [3.63, 3.8) is 0 Å². The molecule has 1 aliphatic rings. The number of rotatable bonds is 8. The molecule has 0 aliphatic carbocycles. The summed E-state index contributed by atoms with van der Waals surface area (Å²) in [6.07, 6.45) is 5.49. The second kappa shape index (κ2) is 8.29. The van der Waals surface area contributed by atoms with E-state index in [0.717, 1.165) is 12.0 Å². The number of allylic oxidation sites excluding steroid dienone is 1. The van der Waals surface area contributed by atoms with Gasteiger partial charge in [-0.05, 0) is 24.8 Å². The van der Waals surface area contributed by atoms with Crippen LogP contribution in [0.1, 0.15) is 31.7 Å². The molecule has 0 atom stereocenters. The van der Waals surface area contributed by atoms with E-state index in [9.17, 15) is 9.59 Å². The predicted octanol–water partition coefficient (Wildman–Crippen LogP) is 3.33. The van der Waals surface area contributed by atoms with Gasteiger partial charge in [0, 0.05) is 6.61 Å². The molecule has 1 aromatic rings. The van der Waals surface area contributed by atoms with E-state index in [1.165, 1.54) is 0 Å². The Morgan fingerprint density at radius 1 is 1.14 bits per heavy atom. The summed E-state index contributed by atoms with van der Waals surface area (Å²) >= 11 is 0. The standard InChI is InChI=1S/C18H20O4/c1-2-3-10-15-16(18(20)22-17(15)19)11-7-12-21-13-14-8-5-4-6-9-14/h3-6,8-10H,2,7,11-13H2,1H3/b10-3+. The largest absolute Gasteiger partial charge is 0.386 e. The van der Waals surface area contributed by atoms with Crippen LogP contribution in [0.2, 0.25) is 0 Å². The van der Waals surface area contributed by atoms with E-state index in [1.54, 1.807) is 6.08 Å². The Morgan fingerprint density at radius 2 is 1.91 bits per heavy atom. The van der Waals surface area contributed by atoms with Crippen LogP contribution in [0.25, 0.3) is 0 Å². The van der Waals surface area contributed by atoms with Crippen molar-refractivity contribution < 1.29 is 19.1 Å². The molecule has 1 aliphatic heterocycles. The second-order valence-electron chi connectivity index (χ2n) is 5.02. The lowest BCUT2D eigenvalue weighted by molar-refractivity contribution is -0.151. The summed E-state index contributed by atoms with van der Waals surface area (Å²) in [6.45, 7) is 3.05. The molecule has 1 heterocycles. The van der Waals surface area contributed by atoms with Gasteiger partial charge in [0.15, 0.2) is 0 Å². The molecule has 0 fully saturated rings. The normalized spacial score (nSPS) is 15.0. The van der Waals surface area contributed by atoms with Crippen molar-refractivity contribution in [3.8, 4) is 0 Å². The molecule has 22 heavy (non-hydrogen) atoms. The van der Waals surface area contributed by atoms with Gasteiger partial charge in [0.25, 0.3) is 0 Å². The average molecular weight is 300 g/mol. The zero-order valence-corrected chi connectivity index (χ0v) is 12.7. The van der Waals surface area contributed by atoms with Gasteiger partial charge in [0.05, 0.1) is 17.8 Å². The number of benzene rings is 1. The number of hydrogen-bond acceptors (Lipinski definition) is 4. The second-order valence-corrected chi connectivity index (χ2v) is 5.02. The lowest BCUT2D eigenvalue weighted by Gasteiger charge is -2.04. The molecule has 2 rings (SSSR count). The average Bonchev–Trinajstić information content (AvgIpc) is 2.79. The van der Waals surface area contributed by atoms with Gasteiger partial charge in [-0.25, -0.2) is 9.59 Å². The van der Waals surface area contributed by atoms with Crippen molar-refractivity contribution in [3.05, 3.63) is 59.2 Å². The molecule has 0 saturated heterocycles. The summed E-state index contributed by atoms with van der Waals surface area (Å²) in [5, 5.41) is 0. The van der Waals surface area contributed by atoms with Gasteiger partial charge in [0.1, 0.15) is 0 Å². The topological polar surface area (TPSA) is 52.6 Å². The van der Waals surface area contributed by atoms with Gasteiger partial charge in [-0.1, -0.05) is 49.4 Å². The van der Waals surface area contributed by atoms with Crippen molar-refractivity contribution >= 4 is 11.9 Å². The maximum atomic E-state index is 11.7. The summed E-state index contributed by atoms with van der Waals surface area (Å²) < 4.78 is 10.2. The summed E-state index contributed by atoms with van der Waals surface area (Å²) in [5.41, 5.74) is 1.96. The highest BCUT2D eigenvalue weighted by Crippen LogP contribution is 2.23. The van der Waals surface area contributed by atoms with Crippen LogP contribution in [-0.2, 0) is 25.7 Å². The zero-order valence-electron chi connectivity index (χ0n) is 12.7. The fourth-order valence-electron chi connectivity index (χ4n) is 2.19. The van der Waals surface area contributed by atoms with E-state index in [4.69, 9.17) is 4.74 Å². The third-order valence-electron chi connectivity index (χ3n) is 3.32. The van der Waals surface area contributed by atoms with Gasteiger partial charge >= 0.3 is 11.9 Å². The summed E-state index contributed by atoms with van der Waals surface area (Å²) in [6, 6.07) is 9.91. The molecule has 0 aromatic heterocycles. The Hall–Kier alpha value is -2.20. The summed E-state index contributed by atoms with van der Waals surface area (Å²) in [4.78, 5) is 23.3. The van der Waals surface area contributed by atoms with E-state index in [1.807, 2.05) is 43.3 Å². The molecule has 4 heteroatoms. The van der Waals surface area contributed by atoms with Crippen LogP contribution in [0.15, 0.2) is 53.6 Å². The van der Waals surface area contributed by atoms with Crippen molar-refractivity contribution in [2.75, 3.05) is 6.61 Å². The third kappa shape index (κ3) is 4.40. The quantitative estimate of drug-likeness (QED) is 0.420. The highest BCUT2D eigenvalue weighted by atomic mass is 16.6. The van der Waals surface area contributed by atoms with Crippen molar-refractivity contribution in [2.45, 2.75) is 32.8 Å². The van der Waals surface area contributed by atoms with Crippen molar-refractivity contribution in [1.82, 2.24) is 0 Å². The van der Waals surface area contributed by atoms with Crippen LogP contribution >= 0.6 is 0 Å². The Morgan fingerprint density at radius 3 is 2.64 bits per heavy atom. The van der Waals surface area contributed by atoms with E-state index in [0.29, 0.717) is 37.2 Å². The summed E-state index contributed by atoms with van der Waals surface area (Å²) in [7, 11) is 0. The van der Waals surface area contributed by atoms with Crippen molar-refractivity contribution in [2.24, 2.45) is 0 Å². The first-order chi connectivity index (χ1) is 10.7. The van der Waals surface area contributed by atoms with E-state index >= 15 is 0 Å². The number of carbonyl (C=O) groups excluding carboxylic acids is 2. The molecule has 0 N–H and O–H groups in total. The number of ether oxygens (including phenoxy) is 2. The minimum absolute atomic E-state index is 0.384. The number of hydrogen-bond donors (Lipinski definition) is 0. The first kappa shape index (κ1) is 16.2. The van der Waals surface area contributed by atoms with Gasteiger partial charge < -0.3 is 9.47 Å². The minimum Gasteiger partial charge on any atom is -0.386 e. The van der Waals surface area contributed by atoms with E-state index in [-0.39, 0.29) is 0 Å². The molecular weight excluding hydrogens is 280 g/mol. The molecule has 4 nitrogen and oxygen atoms in total. The van der Waals surface area contributed by atoms with Crippen molar-refractivity contribution in [1.29, 1.82) is 0 Å². The van der Waals surface area contributed by atoms with Crippen LogP contribution in [0.3, 0.4) is 0 Å². The monoisotopic (exact) mass is 300 g/mol. The Kier molecular flexibility index (Phi) is 6.10. The highest BCUT2D eigenvalue weighted by Gasteiger charge is 2.30. The van der Waals surface area contributed by atoms with E-state index in [2.05, 4.69) is 4.74 Å². The van der Waals surface area contributed by atoms with Crippen LogP contribution in [-0.4, -0.2) is 18.5 Å². The molecule has 0 saturated carbocycles. The fraction of sp³-hybridized carbons (Fsp3) is 0.333. The number of carbonyl (C=O) groups is 2. The molecule has 0 amide bonds. The maximum absolute atomic E-state index is 11.7. The van der Waals surface area contributed by atoms with Crippen LogP contribution < -0.4 is 0 Å². The zero-order chi connectivity index (χ0) is 15.8. The smallest absolute Gasteiger partial charge is 0.346 e. The van der Waals surface area contributed by atoms with Crippen LogP contribution in [0, 0.1) is 0 Å². The van der Waals surface area contributed by atoms with Crippen LogP contribution in [0.4, 0.5) is 0 Å². The number of cyclic esters (lactones) is 2. The molecule has 0 spiro atoms. The van der Waals surface area contributed by atoms with Gasteiger partial charge in [-0.3, -0.25) is 0 Å². The predicted molar refractivity (Wildman–Crippen MR) is 82.9 cm³/mol. The Bertz CT molecular complexity index is 584. The van der Waals surface area contributed by atoms with Crippen LogP contribution in [0.5, 0.6) is 0 Å². The first-order valence-corrected chi connectivity index (χ1v) is 7.50. The molecule has 0 unspecified atom stereocenters. The lowest BCUT2D eigenvalue weighted by atomic mass is 10.0. The van der Waals surface area contributed by atoms with Gasteiger partial charge in [-0.2, -0.15) is 0 Å².